The van der Waals surface area contributed by atoms with Crippen molar-refractivity contribution < 1.29 is 13.2 Å². The molecular weight excluding hydrogens is 369 g/mol. The minimum atomic E-state index is -3.85. The van der Waals surface area contributed by atoms with Crippen molar-refractivity contribution in [3.05, 3.63) is 51.5 Å². The van der Waals surface area contributed by atoms with E-state index in [0.29, 0.717) is 15.7 Å². The second-order valence-electron chi connectivity index (χ2n) is 5.78. The first-order valence-electron chi connectivity index (χ1n) is 7.31. The standard InChI is InChI=1S/C17H19Cl2NO3S/c1-10(2)15-9-17(16(23-4)5-11(15)3)24(21,22)20-14-7-12(18)6-13(19)8-14/h5-10,20H,1-4H3. The monoisotopic (exact) mass is 387 g/mol. The summed E-state index contributed by atoms with van der Waals surface area (Å²) in [5.41, 5.74) is 2.22. The van der Waals surface area contributed by atoms with Gasteiger partial charge in [-0.1, -0.05) is 37.0 Å². The van der Waals surface area contributed by atoms with Gasteiger partial charge in [0.05, 0.1) is 12.8 Å². The van der Waals surface area contributed by atoms with Crippen molar-refractivity contribution in [1.29, 1.82) is 0 Å². The van der Waals surface area contributed by atoms with E-state index >= 15 is 0 Å². The van der Waals surface area contributed by atoms with Gasteiger partial charge in [-0.15, -0.1) is 0 Å². The summed E-state index contributed by atoms with van der Waals surface area (Å²) < 4.78 is 33.4. The average molecular weight is 388 g/mol. The van der Waals surface area contributed by atoms with Crippen molar-refractivity contribution in [2.24, 2.45) is 0 Å². The van der Waals surface area contributed by atoms with Crippen molar-refractivity contribution in [2.45, 2.75) is 31.6 Å². The Morgan fingerprint density at radius 2 is 1.62 bits per heavy atom. The number of hydrogen-bond donors (Lipinski definition) is 1. The molecule has 2 rings (SSSR count). The maximum atomic E-state index is 12.8. The lowest BCUT2D eigenvalue weighted by Crippen LogP contribution is -2.15. The maximum absolute atomic E-state index is 12.8. The third-order valence-electron chi connectivity index (χ3n) is 3.58. The second-order valence-corrected chi connectivity index (χ2v) is 8.30. The molecule has 7 heteroatoms. The number of sulfonamides is 1. The molecule has 1 N–H and O–H groups in total. The van der Waals surface area contributed by atoms with Crippen LogP contribution in [0.5, 0.6) is 5.75 Å². The summed E-state index contributed by atoms with van der Waals surface area (Å²) in [5.74, 6) is 0.475. The largest absolute Gasteiger partial charge is 0.495 e. The number of halogens is 2. The normalized spacial score (nSPS) is 11.6. The van der Waals surface area contributed by atoms with Crippen LogP contribution in [0.2, 0.25) is 10.0 Å². The first-order valence-corrected chi connectivity index (χ1v) is 9.55. The number of aryl methyl sites for hydroxylation is 1. The zero-order chi connectivity index (χ0) is 18.1. The Labute approximate surface area is 152 Å². The highest BCUT2D eigenvalue weighted by atomic mass is 35.5. The third-order valence-corrected chi connectivity index (χ3v) is 5.42. The first-order chi connectivity index (χ1) is 11.1. The average Bonchev–Trinajstić information content (AvgIpc) is 2.44. The summed E-state index contributed by atoms with van der Waals surface area (Å²) in [7, 11) is -2.41. The van der Waals surface area contributed by atoms with Gasteiger partial charge < -0.3 is 4.74 Å². The summed E-state index contributed by atoms with van der Waals surface area (Å²) in [6, 6.07) is 7.90. The van der Waals surface area contributed by atoms with Crippen LogP contribution in [-0.4, -0.2) is 15.5 Å². The molecule has 130 valence electrons. The highest BCUT2D eigenvalue weighted by Crippen LogP contribution is 2.33. The van der Waals surface area contributed by atoms with Gasteiger partial charge in [-0.25, -0.2) is 8.42 Å². The lowest BCUT2D eigenvalue weighted by Gasteiger charge is -2.17. The lowest BCUT2D eigenvalue weighted by molar-refractivity contribution is 0.402. The molecule has 0 amide bonds. The van der Waals surface area contributed by atoms with Crippen LogP contribution in [0.4, 0.5) is 5.69 Å². The van der Waals surface area contributed by atoms with E-state index in [1.54, 1.807) is 12.1 Å². The predicted octanol–water partition coefficient (Wildman–Crippen LogP) is 5.23. The van der Waals surface area contributed by atoms with Gasteiger partial charge in [0.15, 0.2) is 0 Å². The lowest BCUT2D eigenvalue weighted by atomic mass is 9.98. The molecule has 0 saturated carbocycles. The van der Waals surface area contributed by atoms with Crippen LogP contribution in [0.25, 0.3) is 0 Å². The van der Waals surface area contributed by atoms with E-state index in [0.717, 1.165) is 11.1 Å². The number of nitrogens with one attached hydrogen (secondary N) is 1. The molecule has 0 saturated heterocycles. The summed E-state index contributed by atoms with van der Waals surface area (Å²) in [5, 5.41) is 0.692. The van der Waals surface area contributed by atoms with Crippen molar-refractivity contribution in [1.82, 2.24) is 0 Å². The molecule has 0 aliphatic rings. The predicted molar refractivity (Wildman–Crippen MR) is 99.1 cm³/mol. The van der Waals surface area contributed by atoms with E-state index in [1.807, 2.05) is 20.8 Å². The van der Waals surface area contributed by atoms with Crippen LogP contribution >= 0.6 is 23.2 Å². The Balaban J connectivity index is 2.53. The Morgan fingerprint density at radius 1 is 1.04 bits per heavy atom. The van der Waals surface area contributed by atoms with Crippen LogP contribution in [0.15, 0.2) is 35.2 Å². The van der Waals surface area contributed by atoms with E-state index in [9.17, 15) is 8.42 Å². The van der Waals surface area contributed by atoms with Gasteiger partial charge in [0.1, 0.15) is 10.6 Å². The summed E-state index contributed by atoms with van der Waals surface area (Å²) in [6.07, 6.45) is 0. The molecule has 0 aliphatic carbocycles. The SMILES string of the molecule is COc1cc(C)c(C(C)C)cc1S(=O)(=O)Nc1cc(Cl)cc(Cl)c1. The highest BCUT2D eigenvalue weighted by molar-refractivity contribution is 7.92. The number of anilines is 1. The van der Waals surface area contributed by atoms with Crippen LogP contribution in [0.1, 0.15) is 30.9 Å². The van der Waals surface area contributed by atoms with E-state index in [-0.39, 0.29) is 16.6 Å². The molecule has 2 aromatic rings. The van der Waals surface area contributed by atoms with Gasteiger partial charge in [-0.05, 0) is 54.3 Å². The zero-order valence-electron chi connectivity index (χ0n) is 13.9. The third kappa shape index (κ3) is 4.15. The molecule has 24 heavy (non-hydrogen) atoms. The maximum Gasteiger partial charge on any atom is 0.265 e. The second kappa shape index (κ2) is 7.21. The van der Waals surface area contributed by atoms with Gasteiger partial charge in [-0.2, -0.15) is 0 Å². The molecule has 0 aromatic heterocycles. The van der Waals surface area contributed by atoms with Crippen LogP contribution in [0.3, 0.4) is 0 Å². The van der Waals surface area contributed by atoms with Crippen LogP contribution in [0, 0.1) is 6.92 Å². The van der Waals surface area contributed by atoms with Gasteiger partial charge in [0.2, 0.25) is 0 Å². The van der Waals surface area contributed by atoms with E-state index < -0.39 is 10.0 Å². The highest BCUT2D eigenvalue weighted by Gasteiger charge is 2.22. The van der Waals surface area contributed by atoms with Gasteiger partial charge in [0, 0.05) is 10.0 Å². The van der Waals surface area contributed by atoms with E-state index in [2.05, 4.69) is 4.72 Å². The van der Waals surface area contributed by atoms with Crippen molar-refractivity contribution in [2.75, 3.05) is 11.8 Å². The van der Waals surface area contributed by atoms with E-state index in [1.165, 1.54) is 25.3 Å². The molecule has 0 radical (unpaired) electrons. The number of benzene rings is 2. The Kier molecular flexibility index (Phi) is 5.68. The minimum absolute atomic E-state index is 0.0791. The number of ether oxygens (including phenoxy) is 1. The zero-order valence-corrected chi connectivity index (χ0v) is 16.2. The van der Waals surface area contributed by atoms with Crippen molar-refractivity contribution in [3.8, 4) is 5.75 Å². The van der Waals surface area contributed by atoms with Gasteiger partial charge in [0.25, 0.3) is 10.0 Å². The Morgan fingerprint density at radius 3 is 2.12 bits per heavy atom. The van der Waals surface area contributed by atoms with Gasteiger partial charge >= 0.3 is 0 Å². The fraction of sp³-hybridized carbons (Fsp3) is 0.294. The Hall–Kier alpha value is -1.43. The van der Waals surface area contributed by atoms with Crippen molar-refractivity contribution >= 4 is 38.9 Å². The number of hydrogen-bond acceptors (Lipinski definition) is 3. The smallest absolute Gasteiger partial charge is 0.265 e. The molecule has 0 heterocycles. The quantitative estimate of drug-likeness (QED) is 0.763. The summed E-state index contributed by atoms with van der Waals surface area (Å²) in [6.45, 7) is 5.95. The molecule has 2 aromatic carbocycles. The molecule has 0 unspecified atom stereocenters. The van der Waals surface area contributed by atoms with E-state index in [4.69, 9.17) is 27.9 Å². The Bertz CT molecular complexity index is 844. The topological polar surface area (TPSA) is 55.4 Å². The fourth-order valence-electron chi connectivity index (χ4n) is 2.49. The minimum Gasteiger partial charge on any atom is -0.495 e. The molecule has 4 nitrogen and oxygen atoms in total. The summed E-state index contributed by atoms with van der Waals surface area (Å²) >= 11 is 11.9. The number of rotatable bonds is 5. The van der Waals surface area contributed by atoms with Crippen LogP contribution in [-0.2, 0) is 10.0 Å². The van der Waals surface area contributed by atoms with Crippen molar-refractivity contribution in [3.63, 3.8) is 0 Å². The molecule has 0 bridgehead atoms. The van der Waals surface area contributed by atoms with Crippen LogP contribution < -0.4 is 9.46 Å². The first kappa shape index (κ1) is 18.9. The molecule has 0 atom stereocenters. The molecular formula is C17H19Cl2NO3S. The molecule has 0 fully saturated rings. The fourth-order valence-corrected chi connectivity index (χ4v) is 4.25. The molecule has 0 spiro atoms. The molecule has 0 aliphatic heterocycles. The number of methoxy groups -OCH3 is 1. The van der Waals surface area contributed by atoms with Gasteiger partial charge in [-0.3, -0.25) is 4.72 Å². The summed E-state index contributed by atoms with van der Waals surface area (Å²) in [4.78, 5) is 0.0791.